The molecule has 0 bridgehead atoms. The summed E-state index contributed by atoms with van der Waals surface area (Å²) in [5.74, 6) is 0.795. The van der Waals surface area contributed by atoms with Gasteiger partial charge in [-0.1, -0.05) is 6.07 Å². The van der Waals surface area contributed by atoms with Crippen molar-refractivity contribution in [2.75, 3.05) is 14.2 Å². The molecule has 94 valence electrons. The van der Waals surface area contributed by atoms with Crippen LogP contribution in [-0.4, -0.2) is 20.1 Å². The van der Waals surface area contributed by atoms with E-state index in [0.717, 1.165) is 22.4 Å². The molecule has 1 unspecified atom stereocenters. The maximum Gasteiger partial charge on any atom is 0.221 e. The Kier molecular flexibility index (Phi) is 4.52. The van der Waals surface area contributed by atoms with Crippen LogP contribution in [0.25, 0.3) is 0 Å². The first-order valence-corrected chi connectivity index (χ1v) is 5.61. The van der Waals surface area contributed by atoms with Crippen molar-refractivity contribution < 1.29 is 9.53 Å². The standard InChI is InChI=1S/C13H20N2O2/c1-8-6-12(17-4)9(2)5-10(8)11(14)7-13(16)15-3/h5-6,11H,7,14H2,1-4H3,(H,15,16). The summed E-state index contributed by atoms with van der Waals surface area (Å²) >= 11 is 0. The van der Waals surface area contributed by atoms with Crippen molar-refractivity contribution >= 4 is 5.91 Å². The molecule has 4 nitrogen and oxygen atoms in total. The predicted octanol–water partition coefficient (Wildman–Crippen LogP) is 1.45. The van der Waals surface area contributed by atoms with E-state index < -0.39 is 0 Å². The van der Waals surface area contributed by atoms with Crippen molar-refractivity contribution in [1.82, 2.24) is 5.32 Å². The lowest BCUT2D eigenvalue weighted by atomic mass is 9.96. The van der Waals surface area contributed by atoms with E-state index in [9.17, 15) is 4.79 Å². The third-order valence-electron chi connectivity index (χ3n) is 2.87. The first-order chi connectivity index (χ1) is 7.99. The number of amides is 1. The van der Waals surface area contributed by atoms with Gasteiger partial charge in [-0.15, -0.1) is 0 Å². The fraction of sp³-hybridized carbons (Fsp3) is 0.462. The molecule has 0 heterocycles. The molecule has 1 atom stereocenters. The molecule has 17 heavy (non-hydrogen) atoms. The van der Waals surface area contributed by atoms with Crippen LogP contribution in [0.15, 0.2) is 12.1 Å². The van der Waals surface area contributed by atoms with Gasteiger partial charge in [-0.05, 0) is 36.6 Å². The molecule has 0 fully saturated rings. The zero-order valence-corrected chi connectivity index (χ0v) is 10.8. The zero-order chi connectivity index (χ0) is 13.0. The van der Waals surface area contributed by atoms with Gasteiger partial charge >= 0.3 is 0 Å². The van der Waals surface area contributed by atoms with Crippen LogP contribution in [0.5, 0.6) is 5.75 Å². The third kappa shape index (κ3) is 3.20. The molecule has 0 aliphatic heterocycles. The quantitative estimate of drug-likeness (QED) is 0.831. The Bertz CT molecular complexity index is 416. The van der Waals surface area contributed by atoms with Crippen molar-refractivity contribution in [2.24, 2.45) is 5.73 Å². The molecule has 0 spiro atoms. The lowest BCUT2D eigenvalue weighted by molar-refractivity contribution is -0.120. The lowest BCUT2D eigenvalue weighted by Crippen LogP contribution is -2.24. The van der Waals surface area contributed by atoms with E-state index in [-0.39, 0.29) is 11.9 Å². The molecule has 0 aliphatic carbocycles. The van der Waals surface area contributed by atoms with Gasteiger partial charge in [-0.2, -0.15) is 0 Å². The highest BCUT2D eigenvalue weighted by atomic mass is 16.5. The minimum Gasteiger partial charge on any atom is -0.496 e. The monoisotopic (exact) mass is 236 g/mol. The van der Waals surface area contributed by atoms with Gasteiger partial charge in [0.2, 0.25) is 5.91 Å². The van der Waals surface area contributed by atoms with E-state index >= 15 is 0 Å². The summed E-state index contributed by atoms with van der Waals surface area (Å²) in [5.41, 5.74) is 9.10. The van der Waals surface area contributed by atoms with Gasteiger partial charge < -0.3 is 15.8 Å². The smallest absolute Gasteiger partial charge is 0.221 e. The number of carbonyl (C=O) groups excluding carboxylic acids is 1. The maximum atomic E-state index is 11.3. The van der Waals surface area contributed by atoms with Crippen LogP contribution < -0.4 is 15.8 Å². The number of rotatable bonds is 4. The van der Waals surface area contributed by atoms with Gasteiger partial charge in [0.1, 0.15) is 5.75 Å². The minimum atomic E-state index is -0.278. The molecule has 0 radical (unpaired) electrons. The highest BCUT2D eigenvalue weighted by Gasteiger charge is 2.14. The van der Waals surface area contributed by atoms with Gasteiger partial charge in [-0.3, -0.25) is 4.79 Å². The van der Waals surface area contributed by atoms with Crippen molar-refractivity contribution in [3.8, 4) is 5.75 Å². The average Bonchev–Trinajstić information content (AvgIpc) is 2.31. The number of benzene rings is 1. The Morgan fingerprint density at radius 1 is 1.41 bits per heavy atom. The van der Waals surface area contributed by atoms with Crippen molar-refractivity contribution in [2.45, 2.75) is 26.3 Å². The van der Waals surface area contributed by atoms with Crippen LogP contribution in [0.4, 0.5) is 0 Å². The van der Waals surface area contributed by atoms with E-state index in [1.807, 2.05) is 26.0 Å². The van der Waals surface area contributed by atoms with E-state index in [1.54, 1.807) is 14.2 Å². The molecule has 1 aromatic rings. The van der Waals surface area contributed by atoms with Gasteiger partial charge in [0.15, 0.2) is 0 Å². The van der Waals surface area contributed by atoms with Crippen LogP contribution in [0, 0.1) is 13.8 Å². The molecule has 0 saturated heterocycles. The predicted molar refractivity (Wildman–Crippen MR) is 68.1 cm³/mol. The number of nitrogens with one attached hydrogen (secondary N) is 1. The van der Waals surface area contributed by atoms with Crippen molar-refractivity contribution in [3.05, 3.63) is 28.8 Å². The molecule has 0 aromatic heterocycles. The Labute approximate surface area is 102 Å². The number of methoxy groups -OCH3 is 1. The molecule has 0 saturated carbocycles. The Hall–Kier alpha value is -1.55. The Morgan fingerprint density at radius 3 is 2.59 bits per heavy atom. The molecule has 1 amide bonds. The second kappa shape index (κ2) is 5.68. The fourth-order valence-corrected chi connectivity index (χ4v) is 1.84. The topological polar surface area (TPSA) is 64.4 Å². The summed E-state index contributed by atoms with van der Waals surface area (Å²) in [4.78, 5) is 11.3. The molecule has 3 N–H and O–H groups in total. The molecule has 4 heteroatoms. The number of hydrogen-bond donors (Lipinski definition) is 2. The number of carbonyl (C=O) groups is 1. The minimum absolute atomic E-state index is 0.0506. The maximum absolute atomic E-state index is 11.3. The Balaban J connectivity index is 2.98. The van der Waals surface area contributed by atoms with Crippen LogP contribution in [-0.2, 0) is 4.79 Å². The molecular formula is C13H20N2O2. The average molecular weight is 236 g/mol. The molecular weight excluding hydrogens is 216 g/mol. The van der Waals surface area contributed by atoms with Gasteiger partial charge in [0.25, 0.3) is 0 Å². The van der Waals surface area contributed by atoms with Crippen molar-refractivity contribution in [3.63, 3.8) is 0 Å². The molecule has 1 aromatic carbocycles. The van der Waals surface area contributed by atoms with Crippen LogP contribution in [0.2, 0.25) is 0 Å². The van der Waals surface area contributed by atoms with Gasteiger partial charge in [0, 0.05) is 19.5 Å². The van der Waals surface area contributed by atoms with Crippen LogP contribution in [0.3, 0.4) is 0 Å². The van der Waals surface area contributed by atoms with E-state index in [1.165, 1.54) is 0 Å². The van der Waals surface area contributed by atoms with E-state index in [2.05, 4.69) is 5.32 Å². The van der Waals surface area contributed by atoms with E-state index in [0.29, 0.717) is 6.42 Å². The third-order valence-corrected chi connectivity index (χ3v) is 2.87. The van der Waals surface area contributed by atoms with Crippen LogP contribution >= 0.6 is 0 Å². The van der Waals surface area contributed by atoms with E-state index in [4.69, 9.17) is 10.5 Å². The summed E-state index contributed by atoms with van der Waals surface area (Å²) in [7, 11) is 3.26. The molecule has 1 rings (SSSR count). The van der Waals surface area contributed by atoms with Gasteiger partial charge in [-0.25, -0.2) is 0 Å². The summed E-state index contributed by atoms with van der Waals surface area (Å²) in [6.45, 7) is 3.94. The second-order valence-corrected chi connectivity index (χ2v) is 4.16. The largest absolute Gasteiger partial charge is 0.496 e. The summed E-state index contributed by atoms with van der Waals surface area (Å²) < 4.78 is 5.24. The SMILES string of the molecule is CNC(=O)CC(N)c1cc(C)c(OC)cc1C. The van der Waals surface area contributed by atoms with Gasteiger partial charge in [0.05, 0.1) is 7.11 Å². The number of ether oxygens (including phenoxy) is 1. The fourth-order valence-electron chi connectivity index (χ4n) is 1.84. The summed E-state index contributed by atoms with van der Waals surface area (Å²) in [6, 6.07) is 3.66. The normalized spacial score (nSPS) is 12.1. The summed E-state index contributed by atoms with van der Waals surface area (Å²) in [5, 5.41) is 2.58. The molecule has 0 aliphatic rings. The van der Waals surface area contributed by atoms with Crippen molar-refractivity contribution in [1.29, 1.82) is 0 Å². The summed E-state index contributed by atoms with van der Waals surface area (Å²) in [6.07, 6.45) is 0.295. The first-order valence-electron chi connectivity index (χ1n) is 5.61. The number of nitrogens with two attached hydrogens (primary N) is 1. The highest BCUT2D eigenvalue weighted by Crippen LogP contribution is 2.26. The Morgan fingerprint density at radius 2 is 2.06 bits per heavy atom. The number of hydrogen-bond acceptors (Lipinski definition) is 3. The second-order valence-electron chi connectivity index (χ2n) is 4.16. The lowest BCUT2D eigenvalue weighted by Gasteiger charge is -2.16. The van der Waals surface area contributed by atoms with Crippen LogP contribution in [0.1, 0.15) is 29.2 Å². The highest BCUT2D eigenvalue weighted by molar-refractivity contribution is 5.76. The zero-order valence-electron chi connectivity index (χ0n) is 10.8. The number of aryl methyl sites for hydroxylation is 2. The first kappa shape index (κ1) is 13.5.